The van der Waals surface area contributed by atoms with Gasteiger partial charge in [0.15, 0.2) is 5.82 Å². The van der Waals surface area contributed by atoms with Crippen molar-refractivity contribution in [2.75, 3.05) is 5.32 Å². The standard InChI is InChI=1S/C13H19N3O/c1-5-11(6-2)15-12-13(17)16(8-7-14-12)9-10(3)4/h1,7-8,10-11H,6,9H2,2-4H3,(H,14,15). The molecule has 0 aliphatic carbocycles. The number of anilines is 1. The summed E-state index contributed by atoms with van der Waals surface area (Å²) < 4.78 is 1.66. The van der Waals surface area contributed by atoms with Gasteiger partial charge in [0, 0.05) is 18.9 Å². The molecule has 0 spiro atoms. The predicted octanol–water partition coefficient (Wildman–Crippen LogP) is 1.72. The first-order valence-electron chi connectivity index (χ1n) is 5.86. The van der Waals surface area contributed by atoms with Crippen molar-refractivity contribution in [1.82, 2.24) is 9.55 Å². The van der Waals surface area contributed by atoms with E-state index in [2.05, 4.69) is 30.1 Å². The summed E-state index contributed by atoms with van der Waals surface area (Å²) in [6.07, 6.45) is 9.43. The topological polar surface area (TPSA) is 46.9 Å². The fourth-order valence-corrected chi connectivity index (χ4v) is 1.51. The van der Waals surface area contributed by atoms with Gasteiger partial charge in [0.1, 0.15) is 0 Å². The average Bonchev–Trinajstić information content (AvgIpc) is 2.30. The minimum Gasteiger partial charge on any atom is -0.352 e. The van der Waals surface area contributed by atoms with Crippen LogP contribution in [0.1, 0.15) is 27.2 Å². The van der Waals surface area contributed by atoms with Gasteiger partial charge in [-0.05, 0) is 12.3 Å². The number of terminal acetylenes is 1. The van der Waals surface area contributed by atoms with E-state index in [1.807, 2.05) is 6.92 Å². The van der Waals surface area contributed by atoms with Crippen LogP contribution in [0, 0.1) is 18.3 Å². The summed E-state index contributed by atoms with van der Waals surface area (Å²) in [4.78, 5) is 16.1. The minimum absolute atomic E-state index is 0.116. The third kappa shape index (κ3) is 3.63. The number of hydrogen-bond acceptors (Lipinski definition) is 3. The van der Waals surface area contributed by atoms with Crippen molar-refractivity contribution in [2.24, 2.45) is 5.92 Å². The molecule has 0 bridgehead atoms. The first kappa shape index (κ1) is 13.3. The summed E-state index contributed by atoms with van der Waals surface area (Å²) in [5, 5.41) is 2.98. The highest BCUT2D eigenvalue weighted by atomic mass is 16.1. The smallest absolute Gasteiger partial charge is 0.293 e. The second kappa shape index (κ2) is 6.09. The first-order valence-corrected chi connectivity index (χ1v) is 5.86. The molecule has 0 saturated carbocycles. The summed E-state index contributed by atoms with van der Waals surface area (Å²) in [7, 11) is 0. The second-order valence-electron chi connectivity index (χ2n) is 4.40. The third-order valence-corrected chi connectivity index (χ3v) is 2.40. The Labute approximate surface area is 102 Å². The van der Waals surface area contributed by atoms with Crippen molar-refractivity contribution < 1.29 is 0 Å². The number of nitrogens with zero attached hydrogens (tertiary/aromatic N) is 2. The van der Waals surface area contributed by atoms with Crippen LogP contribution in [0.25, 0.3) is 0 Å². The van der Waals surface area contributed by atoms with Crippen molar-refractivity contribution in [3.63, 3.8) is 0 Å². The molecule has 0 aliphatic rings. The summed E-state index contributed by atoms with van der Waals surface area (Å²) in [5.41, 5.74) is -0.116. The van der Waals surface area contributed by atoms with Gasteiger partial charge in [-0.3, -0.25) is 4.79 Å². The largest absolute Gasteiger partial charge is 0.352 e. The number of hydrogen-bond donors (Lipinski definition) is 1. The van der Waals surface area contributed by atoms with E-state index in [0.29, 0.717) is 18.3 Å². The number of nitrogens with one attached hydrogen (secondary N) is 1. The second-order valence-corrected chi connectivity index (χ2v) is 4.40. The zero-order valence-electron chi connectivity index (χ0n) is 10.6. The van der Waals surface area contributed by atoms with E-state index in [1.165, 1.54) is 0 Å². The molecular formula is C13H19N3O. The van der Waals surface area contributed by atoms with Crippen LogP contribution in [0.4, 0.5) is 5.82 Å². The van der Waals surface area contributed by atoms with Crippen molar-refractivity contribution in [3.8, 4) is 12.3 Å². The van der Waals surface area contributed by atoms with Crippen LogP contribution < -0.4 is 10.9 Å². The van der Waals surface area contributed by atoms with Crippen molar-refractivity contribution >= 4 is 5.82 Å². The molecule has 1 N–H and O–H groups in total. The van der Waals surface area contributed by atoms with E-state index in [0.717, 1.165) is 6.42 Å². The maximum atomic E-state index is 12.0. The van der Waals surface area contributed by atoms with E-state index in [-0.39, 0.29) is 11.6 Å². The molecule has 0 amide bonds. The van der Waals surface area contributed by atoms with E-state index in [1.54, 1.807) is 17.0 Å². The summed E-state index contributed by atoms with van der Waals surface area (Å²) in [6, 6.07) is -0.148. The molecule has 1 unspecified atom stereocenters. The Morgan fingerprint density at radius 2 is 2.29 bits per heavy atom. The van der Waals surface area contributed by atoms with E-state index >= 15 is 0 Å². The van der Waals surface area contributed by atoms with Gasteiger partial charge in [-0.15, -0.1) is 6.42 Å². The summed E-state index contributed by atoms with van der Waals surface area (Å²) in [6.45, 7) is 6.78. The molecule has 0 saturated heterocycles. The van der Waals surface area contributed by atoms with Gasteiger partial charge >= 0.3 is 0 Å². The highest BCUT2D eigenvalue weighted by molar-refractivity contribution is 5.35. The van der Waals surface area contributed by atoms with Crippen LogP contribution in [-0.4, -0.2) is 15.6 Å². The Hall–Kier alpha value is -1.76. The average molecular weight is 233 g/mol. The lowest BCUT2D eigenvalue weighted by Crippen LogP contribution is -2.29. The van der Waals surface area contributed by atoms with Gasteiger partial charge in [-0.1, -0.05) is 26.7 Å². The molecule has 92 valence electrons. The van der Waals surface area contributed by atoms with Crippen LogP contribution in [0.5, 0.6) is 0 Å². The highest BCUT2D eigenvalue weighted by Crippen LogP contribution is 2.01. The van der Waals surface area contributed by atoms with Crippen molar-refractivity contribution in [1.29, 1.82) is 0 Å². The molecule has 0 fully saturated rings. The molecule has 17 heavy (non-hydrogen) atoms. The SMILES string of the molecule is C#CC(CC)Nc1nccn(CC(C)C)c1=O. The van der Waals surface area contributed by atoms with Gasteiger partial charge in [-0.25, -0.2) is 4.98 Å². The minimum atomic E-state index is -0.148. The molecule has 4 nitrogen and oxygen atoms in total. The van der Waals surface area contributed by atoms with Gasteiger partial charge in [-0.2, -0.15) is 0 Å². The molecule has 1 atom stereocenters. The molecule has 0 aromatic carbocycles. The third-order valence-electron chi connectivity index (χ3n) is 2.40. The molecule has 1 aromatic heterocycles. The number of rotatable bonds is 5. The molecule has 0 radical (unpaired) electrons. The molecule has 4 heteroatoms. The zero-order chi connectivity index (χ0) is 12.8. The van der Waals surface area contributed by atoms with Gasteiger partial charge in [0.25, 0.3) is 5.56 Å². The van der Waals surface area contributed by atoms with Crippen LogP contribution in [-0.2, 0) is 6.54 Å². The lowest BCUT2D eigenvalue weighted by Gasteiger charge is -2.13. The predicted molar refractivity (Wildman–Crippen MR) is 69.9 cm³/mol. The van der Waals surface area contributed by atoms with Crippen molar-refractivity contribution in [3.05, 3.63) is 22.7 Å². The molecule has 1 rings (SSSR count). The maximum absolute atomic E-state index is 12.0. The van der Waals surface area contributed by atoms with Crippen LogP contribution >= 0.6 is 0 Å². The monoisotopic (exact) mass is 233 g/mol. The van der Waals surface area contributed by atoms with Crippen LogP contribution in [0.2, 0.25) is 0 Å². The fourth-order valence-electron chi connectivity index (χ4n) is 1.51. The highest BCUT2D eigenvalue weighted by Gasteiger charge is 2.09. The van der Waals surface area contributed by atoms with E-state index in [9.17, 15) is 4.79 Å². The summed E-state index contributed by atoms with van der Waals surface area (Å²) in [5.74, 6) is 3.33. The van der Waals surface area contributed by atoms with Gasteiger partial charge in [0.2, 0.25) is 0 Å². The molecule has 1 heterocycles. The summed E-state index contributed by atoms with van der Waals surface area (Å²) >= 11 is 0. The van der Waals surface area contributed by atoms with E-state index in [4.69, 9.17) is 6.42 Å². The fraction of sp³-hybridized carbons (Fsp3) is 0.538. The van der Waals surface area contributed by atoms with Crippen LogP contribution in [0.3, 0.4) is 0 Å². The lowest BCUT2D eigenvalue weighted by atomic mass is 10.2. The Morgan fingerprint density at radius 1 is 1.59 bits per heavy atom. The zero-order valence-corrected chi connectivity index (χ0v) is 10.6. The van der Waals surface area contributed by atoms with Crippen molar-refractivity contribution in [2.45, 2.75) is 39.8 Å². The Kier molecular flexibility index (Phi) is 4.77. The molecule has 0 aliphatic heterocycles. The lowest BCUT2D eigenvalue weighted by molar-refractivity contribution is 0.509. The van der Waals surface area contributed by atoms with E-state index < -0.39 is 0 Å². The van der Waals surface area contributed by atoms with Crippen LogP contribution in [0.15, 0.2) is 17.2 Å². The Bertz CT molecular complexity index is 456. The normalized spacial score (nSPS) is 12.2. The quantitative estimate of drug-likeness (QED) is 0.788. The Morgan fingerprint density at radius 3 is 2.82 bits per heavy atom. The Balaban J connectivity index is 2.95. The first-order chi connectivity index (χ1) is 8.08. The molecular weight excluding hydrogens is 214 g/mol. The number of aromatic nitrogens is 2. The van der Waals surface area contributed by atoms with Gasteiger partial charge in [0.05, 0.1) is 6.04 Å². The maximum Gasteiger partial charge on any atom is 0.293 e. The van der Waals surface area contributed by atoms with Gasteiger partial charge < -0.3 is 9.88 Å². The molecule has 1 aromatic rings.